The van der Waals surface area contributed by atoms with E-state index in [0.717, 1.165) is 23.4 Å². The number of pyridine rings is 1. The molecule has 0 saturated carbocycles. The van der Waals surface area contributed by atoms with Gasteiger partial charge in [0.15, 0.2) is 17.7 Å². The summed E-state index contributed by atoms with van der Waals surface area (Å²) < 4.78 is 47.9. The lowest BCUT2D eigenvalue weighted by molar-refractivity contribution is -0.297. The van der Waals surface area contributed by atoms with Crippen LogP contribution in [-0.2, 0) is 38.1 Å². The smallest absolute Gasteiger partial charge is 0.408 e. The van der Waals surface area contributed by atoms with Gasteiger partial charge in [0.25, 0.3) is 5.67 Å². The third kappa shape index (κ3) is 9.25. The molecule has 3 fully saturated rings. The van der Waals surface area contributed by atoms with Crippen LogP contribution in [0.25, 0.3) is 17.0 Å². The fraction of sp³-hybridized carbons (Fsp3) is 0.651. The van der Waals surface area contributed by atoms with E-state index in [4.69, 9.17) is 23.7 Å². The summed E-state index contributed by atoms with van der Waals surface area (Å²) in [6.45, 7) is 12.5. The SMILES string of the molecule is CCC[C@H]1OC(=O)[C@@](C)(F)C(=O)[C@H](C)[C@@H](O[C@@H]2O[C@H](C)C[C@H](N(C)C)[C@H]2O)[C@](C)(OC/C=C/c2cnc3ccccc3c2)C[C@@H](C)C(=O)[C@H](C)[C@@H]2NC(=O)O[C@]12C. The molecule has 5 rings (SSSR count). The van der Waals surface area contributed by atoms with Gasteiger partial charge in [-0.15, -0.1) is 0 Å². The molecule has 0 bridgehead atoms. The molecule has 57 heavy (non-hydrogen) atoms. The Labute approximate surface area is 335 Å². The molecule has 3 aliphatic rings. The molecule has 13 atom stereocenters. The van der Waals surface area contributed by atoms with Crippen LogP contribution in [0.4, 0.5) is 9.18 Å². The van der Waals surface area contributed by atoms with Crippen LogP contribution in [0.15, 0.2) is 42.6 Å². The number of ether oxygens (including phenoxy) is 5. The van der Waals surface area contributed by atoms with E-state index in [-0.39, 0.29) is 37.4 Å². The van der Waals surface area contributed by atoms with Crippen LogP contribution >= 0.6 is 0 Å². The lowest BCUT2D eigenvalue weighted by Crippen LogP contribution is -2.61. The Balaban J connectivity index is 1.59. The van der Waals surface area contributed by atoms with Gasteiger partial charge in [-0.3, -0.25) is 14.6 Å². The Morgan fingerprint density at radius 3 is 2.46 bits per heavy atom. The highest BCUT2D eigenvalue weighted by atomic mass is 19.1. The number of Topliss-reactive ketones (excluding diaryl/α,β-unsaturated/α-hetero) is 2. The number of amides is 1. The minimum absolute atomic E-state index is 0.0381. The summed E-state index contributed by atoms with van der Waals surface area (Å²) in [6, 6.07) is 8.35. The Hall–Kier alpha value is -3.82. The first-order chi connectivity index (χ1) is 26.7. The number of hydrogen-bond donors (Lipinski definition) is 2. The number of benzene rings is 1. The van der Waals surface area contributed by atoms with E-state index in [9.17, 15) is 24.3 Å². The highest BCUT2D eigenvalue weighted by molar-refractivity contribution is 6.08. The molecule has 0 spiro atoms. The Bertz CT molecular complexity index is 1820. The van der Waals surface area contributed by atoms with Gasteiger partial charge in [-0.05, 0) is 78.7 Å². The molecule has 1 aromatic heterocycles. The molecule has 4 heterocycles. The summed E-state index contributed by atoms with van der Waals surface area (Å²) in [6.07, 6.45) is 0.191. The molecule has 0 aliphatic carbocycles. The van der Waals surface area contributed by atoms with Crippen molar-refractivity contribution >= 4 is 40.6 Å². The highest BCUT2D eigenvalue weighted by Gasteiger charge is 2.59. The van der Waals surface area contributed by atoms with Crippen LogP contribution in [0.5, 0.6) is 0 Å². The Kier molecular flexibility index (Phi) is 13.7. The van der Waals surface area contributed by atoms with Gasteiger partial charge in [0.1, 0.15) is 18.0 Å². The van der Waals surface area contributed by atoms with Crippen molar-refractivity contribution in [2.75, 3.05) is 20.7 Å². The van der Waals surface area contributed by atoms with Gasteiger partial charge in [-0.25, -0.2) is 14.0 Å². The number of cyclic esters (lactones) is 1. The zero-order chi connectivity index (χ0) is 42.0. The molecule has 3 aliphatic heterocycles. The summed E-state index contributed by atoms with van der Waals surface area (Å²) in [4.78, 5) is 62.0. The number of nitrogens with zero attached hydrogens (tertiary/aromatic N) is 2. The van der Waals surface area contributed by atoms with Gasteiger partial charge in [0.05, 0.1) is 36.0 Å². The quantitative estimate of drug-likeness (QED) is 0.239. The van der Waals surface area contributed by atoms with E-state index in [0.29, 0.717) is 12.8 Å². The van der Waals surface area contributed by atoms with Crippen molar-refractivity contribution < 1.29 is 52.4 Å². The van der Waals surface area contributed by atoms with Crippen molar-refractivity contribution in [2.24, 2.45) is 17.8 Å². The van der Waals surface area contributed by atoms with E-state index in [1.54, 1.807) is 40.0 Å². The Morgan fingerprint density at radius 2 is 1.77 bits per heavy atom. The molecule has 1 aromatic carbocycles. The lowest BCUT2D eigenvalue weighted by Gasteiger charge is -2.47. The van der Waals surface area contributed by atoms with Crippen LogP contribution in [-0.4, -0.2) is 119 Å². The average Bonchev–Trinajstić information content (AvgIpc) is 3.48. The maximum absolute atomic E-state index is 17.0. The van der Waals surface area contributed by atoms with Crippen LogP contribution in [0.3, 0.4) is 0 Å². The molecule has 13 nitrogen and oxygen atoms in total. The fourth-order valence-corrected chi connectivity index (χ4v) is 8.85. The summed E-state index contributed by atoms with van der Waals surface area (Å²) in [5.41, 5.74) is -4.64. The number of ketones is 2. The molecule has 0 unspecified atom stereocenters. The minimum atomic E-state index is -3.19. The van der Waals surface area contributed by atoms with E-state index in [1.165, 1.54) is 6.92 Å². The summed E-state index contributed by atoms with van der Waals surface area (Å²) in [7, 11) is 3.65. The predicted molar refractivity (Wildman–Crippen MR) is 211 cm³/mol. The van der Waals surface area contributed by atoms with Crippen molar-refractivity contribution in [3.8, 4) is 0 Å². The third-order valence-corrected chi connectivity index (χ3v) is 12.1. The van der Waals surface area contributed by atoms with Gasteiger partial charge < -0.3 is 39.0 Å². The maximum atomic E-state index is 17.0. The second kappa shape index (κ2) is 17.6. The van der Waals surface area contributed by atoms with Crippen molar-refractivity contribution in [1.29, 1.82) is 0 Å². The molecule has 0 radical (unpaired) electrons. The molecule has 3 saturated heterocycles. The molecule has 1 amide bonds. The summed E-state index contributed by atoms with van der Waals surface area (Å²) in [5.74, 6) is -5.91. The number of alkyl carbamates (subject to hydrolysis) is 1. The lowest BCUT2D eigenvalue weighted by atomic mass is 9.73. The first-order valence-electron chi connectivity index (χ1n) is 20.0. The van der Waals surface area contributed by atoms with Gasteiger partial charge >= 0.3 is 12.1 Å². The van der Waals surface area contributed by atoms with Crippen LogP contribution < -0.4 is 5.32 Å². The number of aromatic nitrogens is 1. The molecule has 2 N–H and O–H groups in total. The molecule has 314 valence electrons. The first kappa shape index (κ1) is 44.3. The van der Waals surface area contributed by atoms with Crippen LogP contribution in [0.1, 0.15) is 86.6 Å². The number of para-hydroxylation sites is 1. The monoisotopic (exact) mass is 797 g/mol. The number of aliphatic hydroxyl groups excluding tert-OH is 1. The first-order valence-corrected chi connectivity index (χ1v) is 20.0. The number of halogens is 1. The number of esters is 1. The number of fused-ring (bicyclic) bond motifs is 2. The predicted octanol–water partition coefficient (Wildman–Crippen LogP) is 5.59. The Morgan fingerprint density at radius 1 is 1.07 bits per heavy atom. The second-order valence-electron chi connectivity index (χ2n) is 16.9. The zero-order valence-electron chi connectivity index (χ0n) is 34.8. The molecule has 14 heteroatoms. The average molecular weight is 798 g/mol. The molecular formula is C43H60FN3O10. The second-order valence-corrected chi connectivity index (χ2v) is 16.9. The summed E-state index contributed by atoms with van der Waals surface area (Å²) >= 11 is 0. The maximum Gasteiger partial charge on any atom is 0.408 e. The normalized spacial score (nSPS) is 38.5. The van der Waals surface area contributed by atoms with Crippen molar-refractivity contribution in [1.82, 2.24) is 15.2 Å². The number of carbonyl (C=O) groups is 4. The van der Waals surface area contributed by atoms with Crippen LogP contribution in [0, 0.1) is 17.8 Å². The van der Waals surface area contributed by atoms with Crippen molar-refractivity contribution in [3.05, 3.63) is 48.2 Å². The fourth-order valence-electron chi connectivity index (χ4n) is 8.85. The zero-order valence-corrected chi connectivity index (χ0v) is 34.8. The van der Waals surface area contributed by atoms with Gasteiger partial charge in [-0.2, -0.15) is 0 Å². The number of hydrogen-bond acceptors (Lipinski definition) is 12. The van der Waals surface area contributed by atoms with Gasteiger partial charge in [-0.1, -0.05) is 64.5 Å². The van der Waals surface area contributed by atoms with Gasteiger partial charge in [0.2, 0.25) is 0 Å². The van der Waals surface area contributed by atoms with E-state index in [2.05, 4.69) is 10.3 Å². The van der Waals surface area contributed by atoms with E-state index >= 15 is 4.39 Å². The number of nitrogens with one attached hydrogen (secondary N) is 1. The number of alkyl halides is 1. The number of carbonyl (C=O) groups excluding carboxylic acids is 4. The van der Waals surface area contributed by atoms with E-state index < -0.39 is 83.1 Å². The summed E-state index contributed by atoms with van der Waals surface area (Å²) in [5, 5.41) is 15.3. The third-order valence-electron chi connectivity index (χ3n) is 12.1. The minimum Gasteiger partial charge on any atom is -0.455 e. The number of rotatable bonds is 9. The van der Waals surface area contributed by atoms with Gasteiger partial charge in [0, 0.05) is 35.4 Å². The largest absolute Gasteiger partial charge is 0.455 e. The molecular weight excluding hydrogens is 737 g/mol. The number of likely N-dealkylation sites (N-methyl/N-ethyl adjacent to an activating group) is 1. The van der Waals surface area contributed by atoms with Crippen LogP contribution in [0.2, 0.25) is 0 Å². The number of aliphatic hydroxyl groups is 1. The highest BCUT2D eigenvalue weighted by Crippen LogP contribution is 2.41. The topological polar surface area (TPSA) is 163 Å². The standard InChI is InChI=1S/C43H60FN3O10/c1-11-15-32-43(8)35(46-40(52)57-43)26(4)33(48)24(2)22-41(6,53-19-14-16-28-21-29-17-12-13-18-30(29)45-23-28)37(27(5)36(50)42(7,44)39(51)55-32)56-38-34(49)31(47(9)10)20-25(3)54-38/h12-14,16-18,21,23-27,31-32,34-35,37-38,49H,11,15,19-20,22H2,1-10H3,(H,46,52)/b16-14+/t24-,25-,26+,27+,31+,32-,34-,35+,37-,38+,41-,42+,43-/m1/s1. The van der Waals surface area contributed by atoms with Crippen molar-refractivity contribution in [3.63, 3.8) is 0 Å². The van der Waals surface area contributed by atoms with E-state index in [1.807, 2.05) is 69.3 Å². The van der Waals surface area contributed by atoms with Crippen molar-refractivity contribution in [2.45, 2.75) is 141 Å². The molecule has 2 aromatic rings.